The Morgan fingerprint density at radius 1 is 1.33 bits per heavy atom. The third kappa shape index (κ3) is 5.62. The Kier molecular flexibility index (Phi) is 6.64. The van der Waals surface area contributed by atoms with Crippen LogP contribution in [-0.2, 0) is 21.2 Å². The molecule has 1 aliphatic carbocycles. The highest BCUT2D eigenvalue weighted by Gasteiger charge is 2.35. The van der Waals surface area contributed by atoms with Crippen LogP contribution in [0.25, 0.3) is 0 Å². The van der Waals surface area contributed by atoms with Gasteiger partial charge in [0.1, 0.15) is 0 Å². The summed E-state index contributed by atoms with van der Waals surface area (Å²) in [6.07, 6.45) is 11.3. The molecule has 0 spiro atoms. The van der Waals surface area contributed by atoms with Gasteiger partial charge in [-0.3, -0.25) is 4.79 Å². The number of nitrogens with zero attached hydrogens (tertiary/aromatic N) is 3. The lowest BCUT2D eigenvalue weighted by molar-refractivity contribution is -0.121. The summed E-state index contributed by atoms with van der Waals surface area (Å²) in [5.74, 6) is 0.720. The van der Waals surface area contributed by atoms with E-state index in [-0.39, 0.29) is 18.4 Å². The summed E-state index contributed by atoms with van der Waals surface area (Å²) in [6, 6.07) is -0.366. The first-order chi connectivity index (χ1) is 12.9. The van der Waals surface area contributed by atoms with E-state index in [1.54, 1.807) is 0 Å². The van der Waals surface area contributed by atoms with Gasteiger partial charge in [-0.05, 0) is 44.9 Å². The summed E-state index contributed by atoms with van der Waals surface area (Å²) in [5.41, 5.74) is 1.44. The van der Waals surface area contributed by atoms with Crippen molar-refractivity contribution in [2.45, 2.75) is 63.8 Å². The van der Waals surface area contributed by atoms with Crippen molar-refractivity contribution in [1.29, 1.82) is 0 Å². The standard InChI is InChI=1S/C18H28N4O4S/c1-27(24,25)22-13-5-8-15(22)18-20-17(26-21-18)10-9-16(23)19-12-11-14-6-3-2-4-7-14/h6,15H,2-5,7-13H2,1H3,(H,19,23). The molecule has 8 nitrogen and oxygen atoms in total. The van der Waals surface area contributed by atoms with Gasteiger partial charge in [0.15, 0.2) is 5.82 Å². The van der Waals surface area contributed by atoms with Crippen molar-refractivity contribution >= 4 is 15.9 Å². The Balaban J connectivity index is 1.44. The normalized spacial score (nSPS) is 21.2. The molecule has 2 aliphatic rings. The molecule has 0 saturated carbocycles. The second kappa shape index (κ2) is 8.97. The third-order valence-electron chi connectivity index (χ3n) is 5.13. The van der Waals surface area contributed by atoms with Gasteiger partial charge in [0.25, 0.3) is 0 Å². The molecule has 0 bridgehead atoms. The third-order valence-corrected chi connectivity index (χ3v) is 6.42. The van der Waals surface area contributed by atoms with Gasteiger partial charge in [-0.15, -0.1) is 0 Å². The Morgan fingerprint density at radius 3 is 2.93 bits per heavy atom. The molecule has 1 atom stereocenters. The van der Waals surface area contributed by atoms with Gasteiger partial charge in [-0.1, -0.05) is 16.8 Å². The van der Waals surface area contributed by atoms with Crippen molar-refractivity contribution in [3.63, 3.8) is 0 Å². The number of carbonyl (C=O) groups excluding carboxylic acids is 1. The fourth-order valence-electron chi connectivity index (χ4n) is 3.70. The van der Waals surface area contributed by atoms with E-state index in [1.165, 1.54) is 29.0 Å². The monoisotopic (exact) mass is 396 g/mol. The fourth-order valence-corrected chi connectivity index (χ4v) is 4.83. The van der Waals surface area contributed by atoms with Crippen molar-refractivity contribution in [2.75, 3.05) is 19.3 Å². The van der Waals surface area contributed by atoms with Gasteiger partial charge >= 0.3 is 0 Å². The summed E-state index contributed by atoms with van der Waals surface area (Å²) in [7, 11) is -3.29. The van der Waals surface area contributed by atoms with Crippen LogP contribution in [0, 0.1) is 0 Å². The molecule has 1 amide bonds. The molecule has 27 heavy (non-hydrogen) atoms. The minimum Gasteiger partial charge on any atom is -0.356 e. The van der Waals surface area contributed by atoms with Crippen molar-refractivity contribution in [3.8, 4) is 0 Å². The summed E-state index contributed by atoms with van der Waals surface area (Å²) < 4.78 is 30.3. The van der Waals surface area contributed by atoms with Crippen LogP contribution in [0.3, 0.4) is 0 Å². The molecular weight excluding hydrogens is 368 g/mol. The molecule has 1 unspecified atom stereocenters. The zero-order valence-corrected chi connectivity index (χ0v) is 16.6. The predicted molar refractivity (Wildman–Crippen MR) is 100 cm³/mol. The van der Waals surface area contributed by atoms with E-state index in [0.717, 1.165) is 25.7 Å². The molecule has 1 aromatic heterocycles. The first-order valence-electron chi connectivity index (χ1n) is 9.67. The number of hydrogen-bond donors (Lipinski definition) is 1. The van der Waals surface area contributed by atoms with Crippen LogP contribution in [0.1, 0.15) is 69.1 Å². The van der Waals surface area contributed by atoms with E-state index in [1.807, 2.05) is 0 Å². The van der Waals surface area contributed by atoms with Crippen LogP contribution < -0.4 is 5.32 Å². The predicted octanol–water partition coefficient (Wildman–Crippen LogP) is 2.11. The van der Waals surface area contributed by atoms with E-state index in [2.05, 4.69) is 21.5 Å². The van der Waals surface area contributed by atoms with E-state index < -0.39 is 10.0 Å². The number of aromatic nitrogens is 2. The molecule has 9 heteroatoms. The first-order valence-corrected chi connectivity index (χ1v) is 11.5. The maximum atomic E-state index is 12.0. The van der Waals surface area contributed by atoms with E-state index >= 15 is 0 Å². The fraction of sp³-hybridized carbons (Fsp3) is 0.722. The SMILES string of the molecule is CS(=O)(=O)N1CCCC1c1noc(CCC(=O)NCCC2=CCCCC2)n1. The summed E-state index contributed by atoms with van der Waals surface area (Å²) in [5, 5.41) is 6.86. The number of nitrogens with one attached hydrogen (secondary N) is 1. The van der Waals surface area contributed by atoms with Crippen molar-refractivity contribution in [2.24, 2.45) is 0 Å². The molecule has 150 valence electrons. The molecule has 1 aliphatic heterocycles. The number of hydrogen-bond acceptors (Lipinski definition) is 6. The van der Waals surface area contributed by atoms with Crippen LogP contribution in [0.5, 0.6) is 0 Å². The van der Waals surface area contributed by atoms with Crippen LogP contribution in [0.15, 0.2) is 16.2 Å². The largest absolute Gasteiger partial charge is 0.356 e. The minimum atomic E-state index is -3.29. The van der Waals surface area contributed by atoms with Crippen LogP contribution in [0.4, 0.5) is 0 Å². The highest BCUT2D eigenvalue weighted by molar-refractivity contribution is 7.88. The molecule has 3 rings (SSSR count). The molecule has 2 heterocycles. The lowest BCUT2D eigenvalue weighted by atomic mass is 9.97. The van der Waals surface area contributed by atoms with E-state index in [9.17, 15) is 13.2 Å². The van der Waals surface area contributed by atoms with Gasteiger partial charge in [0.05, 0.1) is 12.3 Å². The Labute approximate surface area is 160 Å². The Hall–Kier alpha value is -1.74. The van der Waals surface area contributed by atoms with Crippen molar-refractivity contribution in [3.05, 3.63) is 23.4 Å². The topological polar surface area (TPSA) is 105 Å². The number of allylic oxidation sites excluding steroid dienone is 1. The Bertz CT molecular complexity index is 787. The number of rotatable bonds is 8. The second-order valence-electron chi connectivity index (χ2n) is 7.29. The second-order valence-corrected chi connectivity index (χ2v) is 9.22. The summed E-state index contributed by atoms with van der Waals surface area (Å²) >= 11 is 0. The minimum absolute atomic E-state index is 0.0372. The van der Waals surface area contributed by atoms with Crippen LogP contribution in [-0.4, -0.2) is 48.1 Å². The van der Waals surface area contributed by atoms with Gasteiger partial charge in [0, 0.05) is 25.9 Å². The van der Waals surface area contributed by atoms with Gasteiger partial charge in [-0.2, -0.15) is 9.29 Å². The van der Waals surface area contributed by atoms with Crippen molar-refractivity contribution < 1.29 is 17.7 Å². The molecular formula is C18H28N4O4S. The number of amides is 1. The maximum Gasteiger partial charge on any atom is 0.227 e. The quantitative estimate of drug-likeness (QED) is 0.675. The molecule has 1 saturated heterocycles. The average molecular weight is 397 g/mol. The highest BCUT2D eigenvalue weighted by atomic mass is 32.2. The maximum absolute atomic E-state index is 12.0. The molecule has 1 fully saturated rings. The van der Waals surface area contributed by atoms with E-state index in [0.29, 0.717) is 37.6 Å². The number of carbonyl (C=O) groups is 1. The number of sulfonamides is 1. The average Bonchev–Trinajstić information content (AvgIpc) is 3.29. The van der Waals surface area contributed by atoms with Crippen LogP contribution in [0.2, 0.25) is 0 Å². The van der Waals surface area contributed by atoms with Gasteiger partial charge < -0.3 is 9.84 Å². The summed E-state index contributed by atoms with van der Waals surface area (Å²) in [6.45, 7) is 1.14. The molecule has 0 aromatic carbocycles. The summed E-state index contributed by atoms with van der Waals surface area (Å²) in [4.78, 5) is 16.3. The van der Waals surface area contributed by atoms with E-state index in [4.69, 9.17) is 4.52 Å². The lowest BCUT2D eigenvalue weighted by Crippen LogP contribution is -2.30. The molecule has 1 aromatic rings. The number of aryl methyl sites for hydroxylation is 1. The van der Waals surface area contributed by atoms with Gasteiger partial charge in [0.2, 0.25) is 21.8 Å². The molecule has 0 radical (unpaired) electrons. The first kappa shape index (κ1) is 20.0. The highest BCUT2D eigenvalue weighted by Crippen LogP contribution is 2.32. The van der Waals surface area contributed by atoms with Crippen molar-refractivity contribution in [1.82, 2.24) is 19.8 Å². The van der Waals surface area contributed by atoms with Gasteiger partial charge in [-0.25, -0.2) is 8.42 Å². The van der Waals surface area contributed by atoms with Crippen LogP contribution >= 0.6 is 0 Å². The Morgan fingerprint density at radius 2 is 2.19 bits per heavy atom. The lowest BCUT2D eigenvalue weighted by Gasteiger charge is -2.18. The smallest absolute Gasteiger partial charge is 0.227 e. The zero-order valence-electron chi connectivity index (χ0n) is 15.8. The zero-order chi connectivity index (χ0) is 19.3. The molecule has 1 N–H and O–H groups in total.